The Kier molecular flexibility index (Phi) is 3.39. The number of hydrogen-bond donors (Lipinski definition) is 1. The van der Waals surface area contributed by atoms with Crippen molar-refractivity contribution in [2.75, 3.05) is 0 Å². The van der Waals surface area contributed by atoms with Crippen LogP contribution in [0.2, 0.25) is 0 Å². The standard InChI is InChI=1S/C20H28O3/c1-12(21)20(23)10-8-18-17-5-3-13-11-14(22)4-6-15(13)16(17)7-9-19(18,20)2/h11,15-18,23H,3-10H2,1-2H3/t15?,16?,17?,18?,19-,20-/m0/s1. The number of fused-ring (bicyclic) bond motifs is 5. The number of carbonyl (C=O) groups excluding carboxylic acids is 2. The van der Waals surface area contributed by atoms with E-state index in [1.54, 1.807) is 6.92 Å². The topological polar surface area (TPSA) is 54.4 Å². The first-order chi connectivity index (χ1) is 10.9. The molecule has 23 heavy (non-hydrogen) atoms. The largest absolute Gasteiger partial charge is 0.382 e. The molecule has 4 unspecified atom stereocenters. The Morgan fingerprint density at radius 2 is 1.91 bits per heavy atom. The highest BCUT2D eigenvalue weighted by Crippen LogP contribution is 2.64. The van der Waals surface area contributed by atoms with Crippen LogP contribution < -0.4 is 0 Å². The third-order valence-electron chi connectivity index (χ3n) is 8.03. The number of hydrogen-bond acceptors (Lipinski definition) is 3. The van der Waals surface area contributed by atoms with Crippen molar-refractivity contribution in [3.63, 3.8) is 0 Å². The van der Waals surface area contributed by atoms with E-state index in [4.69, 9.17) is 0 Å². The van der Waals surface area contributed by atoms with Gasteiger partial charge in [0.15, 0.2) is 11.6 Å². The predicted molar refractivity (Wildman–Crippen MR) is 87.7 cm³/mol. The number of Topliss-reactive ketones (excluding diaryl/α,β-unsaturated/α-hetero) is 1. The number of allylic oxidation sites excluding steroid dienone is 1. The van der Waals surface area contributed by atoms with Crippen LogP contribution in [0, 0.1) is 29.1 Å². The normalized spacial score (nSPS) is 49.0. The fourth-order valence-corrected chi connectivity index (χ4v) is 6.78. The molecule has 4 aliphatic rings. The van der Waals surface area contributed by atoms with Crippen LogP contribution in [0.5, 0.6) is 0 Å². The van der Waals surface area contributed by atoms with E-state index < -0.39 is 5.60 Å². The minimum Gasteiger partial charge on any atom is -0.382 e. The highest BCUT2D eigenvalue weighted by atomic mass is 16.3. The summed E-state index contributed by atoms with van der Waals surface area (Å²) >= 11 is 0. The van der Waals surface area contributed by atoms with Crippen molar-refractivity contribution in [3.8, 4) is 0 Å². The molecule has 0 spiro atoms. The van der Waals surface area contributed by atoms with Crippen molar-refractivity contribution in [1.82, 2.24) is 0 Å². The van der Waals surface area contributed by atoms with Crippen molar-refractivity contribution in [1.29, 1.82) is 0 Å². The van der Waals surface area contributed by atoms with Gasteiger partial charge in [-0.25, -0.2) is 0 Å². The van der Waals surface area contributed by atoms with Crippen LogP contribution in [0.4, 0.5) is 0 Å². The smallest absolute Gasteiger partial charge is 0.161 e. The lowest BCUT2D eigenvalue weighted by Gasteiger charge is -2.55. The number of ketones is 2. The molecule has 0 aliphatic heterocycles. The quantitative estimate of drug-likeness (QED) is 0.806. The van der Waals surface area contributed by atoms with Crippen LogP contribution in [0.15, 0.2) is 11.6 Å². The van der Waals surface area contributed by atoms with Gasteiger partial charge in [0, 0.05) is 11.8 Å². The van der Waals surface area contributed by atoms with Gasteiger partial charge in [0.1, 0.15) is 5.60 Å². The SMILES string of the molecule is CC(=O)[C@@]1(O)CCC2C3CCC4=CC(=O)CCC4C3CC[C@@]21C. The Morgan fingerprint density at radius 3 is 2.65 bits per heavy atom. The Labute approximate surface area is 138 Å². The van der Waals surface area contributed by atoms with Gasteiger partial charge >= 0.3 is 0 Å². The Morgan fingerprint density at radius 1 is 1.13 bits per heavy atom. The molecular formula is C20H28O3. The molecule has 0 heterocycles. The monoisotopic (exact) mass is 316 g/mol. The number of carbonyl (C=O) groups is 2. The third-order valence-corrected chi connectivity index (χ3v) is 8.03. The second-order valence-corrected chi connectivity index (χ2v) is 8.71. The number of aliphatic hydroxyl groups is 1. The lowest BCUT2D eigenvalue weighted by Crippen LogP contribution is -2.55. The molecule has 3 heteroatoms. The maximum atomic E-state index is 12.2. The molecule has 6 atom stereocenters. The first-order valence-electron chi connectivity index (χ1n) is 9.33. The molecule has 0 aromatic heterocycles. The summed E-state index contributed by atoms with van der Waals surface area (Å²) in [5.74, 6) is 2.60. The fraction of sp³-hybridized carbons (Fsp3) is 0.800. The van der Waals surface area contributed by atoms with Gasteiger partial charge in [0.2, 0.25) is 0 Å². The predicted octanol–water partition coefficient (Wildman–Crippen LogP) is 3.45. The van der Waals surface area contributed by atoms with Crippen LogP contribution in [0.3, 0.4) is 0 Å². The molecule has 1 N–H and O–H groups in total. The Balaban J connectivity index is 1.65. The summed E-state index contributed by atoms with van der Waals surface area (Å²) in [5.41, 5.74) is 0.0402. The van der Waals surface area contributed by atoms with E-state index in [2.05, 4.69) is 6.92 Å². The zero-order valence-corrected chi connectivity index (χ0v) is 14.3. The van der Waals surface area contributed by atoms with Crippen molar-refractivity contribution in [3.05, 3.63) is 11.6 Å². The van der Waals surface area contributed by atoms with Gasteiger partial charge < -0.3 is 5.11 Å². The summed E-state index contributed by atoms with van der Waals surface area (Å²) in [4.78, 5) is 23.9. The first kappa shape index (κ1) is 15.6. The van der Waals surface area contributed by atoms with Gasteiger partial charge in [0.05, 0.1) is 0 Å². The lowest BCUT2D eigenvalue weighted by atomic mass is 9.50. The highest BCUT2D eigenvalue weighted by molar-refractivity contribution is 5.91. The second kappa shape index (κ2) is 5.02. The Bertz CT molecular complexity index is 592. The molecular weight excluding hydrogens is 288 g/mol. The first-order valence-corrected chi connectivity index (χ1v) is 9.33. The molecule has 0 aromatic rings. The van der Waals surface area contributed by atoms with Crippen molar-refractivity contribution >= 4 is 11.6 Å². The van der Waals surface area contributed by atoms with Crippen molar-refractivity contribution in [2.24, 2.45) is 29.1 Å². The van der Waals surface area contributed by atoms with Crippen LogP contribution in [0.25, 0.3) is 0 Å². The number of rotatable bonds is 1. The van der Waals surface area contributed by atoms with Crippen LogP contribution in [-0.4, -0.2) is 22.3 Å². The zero-order valence-electron chi connectivity index (χ0n) is 14.3. The van der Waals surface area contributed by atoms with E-state index in [9.17, 15) is 14.7 Å². The summed E-state index contributed by atoms with van der Waals surface area (Å²) in [6.45, 7) is 3.73. The fourth-order valence-electron chi connectivity index (χ4n) is 6.78. The summed E-state index contributed by atoms with van der Waals surface area (Å²) in [6.07, 6.45) is 9.51. The summed E-state index contributed by atoms with van der Waals surface area (Å²) in [7, 11) is 0. The zero-order chi connectivity index (χ0) is 16.4. The van der Waals surface area contributed by atoms with E-state index in [0.717, 1.165) is 38.5 Å². The van der Waals surface area contributed by atoms with E-state index in [-0.39, 0.29) is 11.2 Å². The van der Waals surface area contributed by atoms with E-state index >= 15 is 0 Å². The average molecular weight is 316 g/mol. The van der Waals surface area contributed by atoms with E-state index in [0.29, 0.717) is 42.3 Å². The van der Waals surface area contributed by atoms with Crippen molar-refractivity contribution < 1.29 is 14.7 Å². The Hall–Kier alpha value is -0.960. The molecule has 3 fully saturated rings. The molecule has 0 radical (unpaired) electrons. The van der Waals surface area contributed by atoms with Gasteiger partial charge in [0.25, 0.3) is 0 Å². The molecule has 0 aromatic carbocycles. The van der Waals surface area contributed by atoms with Crippen LogP contribution in [-0.2, 0) is 9.59 Å². The molecule has 126 valence electrons. The third kappa shape index (κ3) is 1.98. The average Bonchev–Trinajstić information content (AvgIpc) is 2.80. The van der Waals surface area contributed by atoms with Gasteiger partial charge in [-0.15, -0.1) is 0 Å². The molecule has 3 nitrogen and oxygen atoms in total. The highest BCUT2D eigenvalue weighted by Gasteiger charge is 2.64. The molecule has 0 bridgehead atoms. The second-order valence-electron chi connectivity index (χ2n) is 8.71. The van der Waals surface area contributed by atoms with Gasteiger partial charge in [-0.1, -0.05) is 12.5 Å². The minimum absolute atomic E-state index is 0.0411. The maximum Gasteiger partial charge on any atom is 0.161 e. The summed E-state index contributed by atoms with van der Waals surface area (Å²) < 4.78 is 0. The van der Waals surface area contributed by atoms with E-state index in [1.807, 2.05) is 6.08 Å². The summed E-state index contributed by atoms with van der Waals surface area (Å²) in [6, 6.07) is 0. The van der Waals surface area contributed by atoms with Gasteiger partial charge in [-0.2, -0.15) is 0 Å². The minimum atomic E-state index is -1.11. The molecule has 0 saturated heterocycles. The summed E-state index contributed by atoms with van der Waals surface area (Å²) in [5, 5.41) is 11.1. The molecule has 0 amide bonds. The van der Waals surface area contributed by atoms with Crippen LogP contribution in [0.1, 0.15) is 65.2 Å². The van der Waals surface area contributed by atoms with E-state index in [1.165, 1.54) is 5.57 Å². The maximum absolute atomic E-state index is 12.2. The van der Waals surface area contributed by atoms with Crippen molar-refractivity contribution in [2.45, 2.75) is 70.8 Å². The molecule has 4 rings (SSSR count). The van der Waals surface area contributed by atoms with Gasteiger partial charge in [-0.05, 0) is 81.6 Å². The van der Waals surface area contributed by atoms with Crippen LogP contribution >= 0.6 is 0 Å². The molecule has 4 aliphatic carbocycles. The van der Waals surface area contributed by atoms with Gasteiger partial charge in [-0.3, -0.25) is 9.59 Å². The molecule has 3 saturated carbocycles. The lowest BCUT2D eigenvalue weighted by molar-refractivity contribution is -0.157.